The molecule has 1 fully saturated rings. The molecule has 4 nitrogen and oxygen atoms in total. The summed E-state index contributed by atoms with van der Waals surface area (Å²) in [5, 5.41) is 16.4. The third-order valence-corrected chi connectivity index (χ3v) is 8.46. The first-order valence-electron chi connectivity index (χ1n) is 13.4. The second kappa shape index (κ2) is 9.88. The van der Waals surface area contributed by atoms with Gasteiger partial charge < -0.3 is 9.84 Å². The first-order valence-corrected chi connectivity index (χ1v) is 13.4. The van der Waals surface area contributed by atoms with Gasteiger partial charge in [0.2, 0.25) is 0 Å². The molecule has 6 rings (SSSR count). The number of hydrogen-bond acceptors (Lipinski definition) is 3. The van der Waals surface area contributed by atoms with Crippen LogP contribution in [-0.4, -0.2) is 14.9 Å². The van der Waals surface area contributed by atoms with Gasteiger partial charge in [-0.3, -0.25) is 0 Å². The Bertz CT molecular complexity index is 1470. The van der Waals surface area contributed by atoms with Gasteiger partial charge in [0.05, 0.1) is 23.7 Å². The van der Waals surface area contributed by atoms with Crippen LogP contribution in [-0.2, 0) is 13.0 Å². The normalized spacial score (nSPS) is 21.3. The van der Waals surface area contributed by atoms with E-state index in [9.17, 15) is 9.50 Å². The second-order valence-corrected chi connectivity index (χ2v) is 11.0. The standard InChI is InChI=1S/C33H33FN2O2/c1-22-11-14-27(15-12-22)36-30-18-26-9-6-10-28(33(26,2)19-25(30)20-35-36)32(37)24-13-16-29(34)31(17-24)38-21-23-7-4-3-5-8-23/h3-5,7-8,11-18,20,28,32,37H,6,9-10,19,21H2,1-2H3/t28-,32+,33+/m1/s1. The summed E-state index contributed by atoms with van der Waals surface area (Å²) in [6.45, 7) is 4.64. The van der Waals surface area contributed by atoms with Crippen molar-refractivity contribution >= 4 is 6.08 Å². The van der Waals surface area contributed by atoms with E-state index in [0.717, 1.165) is 42.6 Å². The topological polar surface area (TPSA) is 47.3 Å². The number of benzene rings is 3. The number of aromatic nitrogens is 2. The van der Waals surface area contributed by atoms with Gasteiger partial charge in [-0.2, -0.15) is 5.10 Å². The van der Waals surface area contributed by atoms with E-state index in [0.29, 0.717) is 5.56 Å². The van der Waals surface area contributed by atoms with Gasteiger partial charge in [0.25, 0.3) is 0 Å². The fourth-order valence-corrected chi connectivity index (χ4v) is 6.26. The highest BCUT2D eigenvalue weighted by Crippen LogP contribution is 2.55. The molecule has 4 aromatic rings. The number of nitrogens with zero attached hydrogens (tertiary/aromatic N) is 2. The molecule has 0 unspecified atom stereocenters. The third kappa shape index (κ3) is 4.45. The lowest BCUT2D eigenvalue weighted by atomic mass is 9.57. The summed E-state index contributed by atoms with van der Waals surface area (Å²) in [5.41, 5.74) is 7.43. The van der Waals surface area contributed by atoms with Gasteiger partial charge in [-0.05, 0) is 91.0 Å². The van der Waals surface area contributed by atoms with E-state index in [1.807, 2.05) is 41.2 Å². The SMILES string of the molecule is Cc1ccc(-n2ncc3c2C=C2CCC[C@H]([C@@H](O)c4ccc(F)c(OCc5ccccc5)c4)[C@@]2(C)C3)cc1. The molecule has 3 atom stereocenters. The van der Waals surface area contributed by atoms with Crippen molar-refractivity contribution in [1.29, 1.82) is 0 Å². The van der Waals surface area contributed by atoms with Gasteiger partial charge in [-0.15, -0.1) is 0 Å². The minimum Gasteiger partial charge on any atom is -0.486 e. The van der Waals surface area contributed by atoms with Crippen LogP contribution in [0.1, 0.15) is 60.2 Å². The Labute approximate surface area is 223 Å². The number of allylic oxidation sites excluding steroid dienone is 1. The summed E-state index contributed by atoms with van der Waals surface area (Å²) >= 11 is 0. The number of ether oxygens (including phenoxy) is 1. The molecule has 1 heterocycles. The fraction of sp³-hybridized carbons (Fsp3) is 0.303. The van der Waals surface area contributed by atoms with E-state index in [2.05, 4.69) is 44.2 Å². The molecule has 0 radical (unpaired) electrons. The molecule has 194 valence electrons. The average molecular weight is 509 g/mol. The van der Waals surface area contributed by atoms with Crippen LogP contribution in [0, 0.1) is 24.1 Å². The Hall–Kier alpha value is -3.70. The van der Waals surface area contributed by atoms with E-state index in [-0.39, 0.29) is 23.7 Å². The van der Waals surface area contributed by atoms with Crippen LogP contribution >= 0.6 is 0 Å². The summed E-state index contributed by atoms with van der Waals surface area (Å²) < 4.78 is 22.5. The van der Waals surface area contributed by atoms with Crippen LogP contribution in [0.4, 0.5) is 4.39 Å². The highest BCUT2D eigenvalue weighted by molar-refractivity contribution is 5.61. The largest absolute Gasteiger partial charge is 0.486 e. The lowest BCUT2D eigenvalue weighted by molar-refractivity contribution is 0.0215. The molecule has 1 aromatic heterocycles. The number of fused-ring (bicyclic) bond motifs is 2. The summed E-state index contributed by atoms with van der Waals surface area (Å²) in [4.78, 5) is 0. The summed E-state index contributed by atoms with van der Waals surface area (Å²) in [6, 6.07) is 22.9. The number of aliphatic hydroxyl groups is 1. The van der Waals surface area contributed by atoms with Gasteiger partial charge in [0.1, 0.15) is 6.61 Å². The van der Waals surface area contributed by atoms with Crippen molar-refractivity contribution in [2.75, 3.05) is 0 Å². The molecule has 0 saturated heterocycles. The van der Waals surface area contributed by atoms with Crippen LogP contribution in [0.2, 0.25) is 0 Å². The lowest BCUT2D eigenvalue weighted by Gasteiger charge is -2.47. The smallest absolute Gasteiger partial charge is 0.165 e. The second-order valence-electron chi connectivity index (χ2n) is 11.0. The maximum Gasteiger partial charge on any atom is 0.165 e. The molecule has 2 aliphatic rings. The zero-order chi connectivity index (χ0) is 26.3. The van der Waals surface area contributed by atoms with Crippen molar-refractivity contribution in [3.8, 4) is 11.4 Å². The van der Waals surface area contributed by atoms with Gasteiger partial charge in [0.15, 0.2) is 11.6 Å². The average Bonchev–Trinajstić information content (AvgIpc) is 3.33. The maximum atomic E-state index is 14.6. The molecule has 0 aliphatic heterocycles. The first-order chi connectivity index (χ1) is 18.4. The van der Waals surface area contributed by atoms with E-state index in [1.165, 1.54) is 22.8 Å². The van der Waals surface area contributed by atoms with E-state index >= 15 is 0 Å². The van der Waals surface area contributed by atoms with E-state index < -0.39 is 11.9 Å². The highest BCUT2D eigenvalue weighted by Gasteiger charge is 2.46. The molecule has 3 aromatic carbocycles. The monoisotopic (exact) mass is 508 g/mol. The number of hydrogen-bond donors (Lipinski definition) is 1. The van der Waals surface area contributed by atoms with Crippen LogP contribution in [0.5, 0.6) is 5.75 Å². The van der Waals surface area contributed by atoms with Crippen LogP contribution in [0.3, 0.4) is 0 Å². The number of aliphatic hydroxyl groups excluding tert-OH is 1. The van der Waals surface area contributed by atoms with Crippen molar-refractivity contribution in [1.82, 2.24) is 9.78 Å². The first kappa shape index (κ1) is 24.6. The number of halogens is 1. The predicted octanol–water partition coefficient (Wildman–Crippen LogP) is 7.38. The van der Waals surface area contributed by atoms with Crippen molar-refractivity contribution in [3.63, 3.8) is 0 Å². The van der Waals surface area contributed by atoms with Gasteiger partial charge in [-0.25, -0.2) is 9.07 Å². The van der Waals surface area contributed by atoms with Gasteiger partial charge in [-0.1, -0.05) is 66.6 Å². The predicted molar refractivity (Wildman–Crippen MR) is 148 cm³/mol. The number of rotatable bonds is 6. The Balaban J connectivity index is 1.27. The summed E-state index contributed by atoms with van der Waals surface area (Å²) in [5.74, 6) is -0.239. The van der Waals surface area contributed by atoms with Crippen molar-refractivity contribution in [2.24, 2.45) is 11.3 Å². The molecular formula is C33H33FN2O2. The Morgan fingerprint density at radius 2 is 1.89 bits per heavy atom. The molecule has 0 amide bonds. The van der Waals surface area contributed by atoms with Crippen LogP contribution < -0.4 is 4.74 Å². The summed E-state index contributed by atoms with van der Waals surface area (Å²) in [6.07, 6.45) is 7.29. The highest BCUT2D eigenvalue weighted by atomic mass is 19.1. The van der Waals surface area contributed by atoms with Crippen LogP contribution in [0.25, 0.3) is 11.8 Å². The Morgan fingerprint density at radius 3 is 2.68 bits per heavy atom. The molecule has 38 heavy (non-hydrogen) atoms. The Kier molecular flexibility index (Phi) is 6.40. The van der Waals surface area contributed by atoms with Crippen LogP contribution in [0.15, 0.2) is 84.6 Å². The third-order valence-electron chi connectivity index (χ3n) is 8.46. The maximum absolute atomic E-state index is 14.6. The van der Waals surface area contributed by atoms with Crippen molar-refractivity contribution in [2.45, 2.75) is 52.2 Å². The lowest BCUT2D eigenvalue weighted by Crippen LogP contribution is -2.40. The summed E-state index contributed by atoms with van der Waals surface area (Å²) in [7, 11) is 0. The number of aryl methyl sites for hydroxylation is 1. The minimum atomic E-state index is -0.725. The zero-order valence-corrected chi connectivity index (χ0v) is 21.9. The molecule has 1 N–H and O–H groups in total. The van der Waals surface area contributed by atoms with E-state index in [1.54, 1.807) is 12.1 Å². The molecule has 2 aliphatic carbocycles. The van der Waals surface area contributed by atoms with Crippen molar-refractivity contribution in [3.05, 3.63) is 118 Å². The minimum absolute atomic E-state index is 0.00538. The van der Waals surface area contributed by atoms with Gasteiger partial charge in [0, 0.05) is 0 Å². The quantitative estimate of drug-likeness (QED) is 0.296. The molecule has 0 spiro atoms. The van der Waals surface area contributed by atoms with Gasteiger partial charge >= 0.3 is 0 Å². The van der Waals surface area contributed by atoms with E-state index in [4.69, 9.17) is 9.84 Å². The molecule has 5 heteroatoms. The molecular weight excluding hydrogens is 475 g/mol. The Morgan fingerprint density at radius 1 is 1.11 bits per heavy atom. The van der Waals surface area contributed by atoms with Crippen molar-refractivity contribution < 1.29 is 14.2 Å². The fourth-order valence-electron chi connectivity index (χ4n) is 6.26. The molecule has 0 bridgehead atoms. The zero-order valence-electron chi connectivity index (χ0n) is 21.9. The molecule has 1 saturated carbocycles.